The lowest BCUT2D eigenvalue weighted by molar-refractivity contribution is 0.0970. The van der Waals surface area contributed by atoms with Crippen LogP contribution in [0.5, 0.6) is 0 Å². The van der Waals surface area contributed by atoms with Gasteiger partial charge in [0.1, 0.15) is 5.82 Å². The summed E-state index contributed by atoms with van der Waals surface area (Å²) in [6, 6.07) is 6.89. The van der Waals surface area contributed by atoms with Gasteiger partial charge in [-0.25, -0.2) is 4.39 Å². The summed E-state index contributed by atoms with van der Waals surface area (Å²) < 4.78 is 13.2. The molecular formula is C15H23FN2. The van der Waals surface area contributed by atoms with Crippen LogP contribution in [0.15, 0.2) is 24.3 Å². The van der Waals surface area contributed by atoms with Gasteiger partial charge in [-0.2, -0.15) is 0 Å². The van der Waals surface area contributed by atoms with Crippen molar-refractivity contribution in [3.8, 4) is 0 Å². The average Bonchev–Trinajstić information content (AvgIpc) is 2.86. The standard InChI is InChI=1S/C15H23FN2/c1-2-18(15(12-17)8-3-4-9-15)11-13-6-5-7-14(16)10-13/h5-7,10H,2-4,8-9,11-12,17H2,1H3. The molecule has 0 unspecified atom stereocenters. The van der Waals surface area contributed by atoms with Crippen molar-refractivity contribution in [1.82, 2.24) is 4.90 Å². The fourth-order valence-corrected chi connectivity index (χ4v) is 3.15. The Balaban J connectivity index is 2.13. The Morgan fingerprint density at radius 3 is 2.61 bits per heavy atom. The highest BCUT2D eigenvalue weighted by molar-refractivity contribution is 5.17. The van der Waals surface area contributed by atoms with E-state index in [0.29, 0.717) is 6.54 Å². The van der Waals surface area contributed by atoms with Crippen molar-refractivity contribution in [2.75, 3.05) is 13.1 Å². The molecule has 1 saturated carbocycles. The number of hydrogen-bond acceptors (Lipinski definition) is 2. The van der Waals surface area contributed by atoms with Crippen molar-refractivity contribution in [2.24, 2.45) is 5.73 Å². The Morgan fingerprint density at radius 2 is 2.06 bits per heavy atom. The first-order chi connectivity index (χ1) is 8.70. The molecule has 2 N–H and O–H groups in total. The van der Waals surface area contributed by atoms with Crippen molar-refractivity contribution in [3.05, 3.63) is 35.6 Å². The fourth-order valence-electron chi connectivity index (χ4n) is 3.15. The minimum Gasteiger partial charge on any atom is -0.329 e. The van der Waals surface area contributed by atoms with Gasteiger partial charge in [-0.1, -0.05) is 31.9 Å². The second-order valence-electron chi connectivity index (χ2n) is 5.28. The maximum Gasteiger partial charge on any atom is 0.123 e. The van der Waals surface area contributed by atoms with Crippen LogP contribution in [0.1, 0.15) is 38.2 Å². The topological polar surface area (TPSA) is 29.3 Å². The molecular weight excluding hydrogens is 227 g/mol. The van der Waals surface area contributed by atoms with E-state index in [1.807, 2.05) is 6.07 Å². The lowest BCUT2D eigenvalue weighted by Crippen LogP contribution is -2.51. The summed E-state index contributed by atoms with van der Waals surface area (Å²) in [4.78, 5) is 2.43. The van der Waals surface area contributed by atoms with Gasteiger partial charge in [0.2, 0.25) is 0 Å². The Bertz CT molecular complexity index is 386. The van der Waals surface area contributed by atoms with Crippen LogP contribution >= 0.6 is 0 Å². The van der Waals surface area contributed by atoms with Gasteiger partial charge in [0, 0.05) is 18.6 Å². The van der Waals surface area contributed by atoms with Crippen molar-refractivity contribution < 1.29 is 4.39 Å². The van der Waals surface area contributed by atoms with Crippen LogP contribution in [0.2, 0.25) is 0 Å². The zero-order chi connectivity index (χ0) is 13.0. The summed E-state index contributed by atoms with van der Waals surface area (Å²) in [5.74, 6) is -0.156. The molecule has 18 heavy (non-hydrogen) atoms. The molecule has 1 aromatic carbocycles. The maximum atomic E-state index is 13.2. The highest BCUT2D eigenvalue weighted by Crippen LogP contribution is 2.35. The van der Waals surface area contributed by atoms with Gasteiger partial charge >= 0.3 is 0 Å². The van der Waals surface area contributed by atoms with E-state index in [0.717, 1.165) is 18.7 Å². The van der Waals surface area contributed by atoms with E-state index in [4.69, 9.17) is 5.73 Å². The minimum absolute atomic E-state index is 0.140. The Morgan fingerprint density at radius 1 is 1.33 bits per heavy atom. The largest absolute Gasteiger partial charge is 0.329 e. The predicted molar refractivity (Wildman–Crippen MR) is 72.7 cm³/mol. The molecule has 0 amide bonds. The summed E-state index contributed by atoms with van der Waals surface area (Å²) in [6.07, 6.45) is 4.87. The van der Waals surface area contributed by atoms with Gasteiger partial charge in [-0.3, -0.25) is 4.90 Å². The number of likely N-dealkylation sites (N-methyl/N-ethyl adjacent to an activating group) is 1. The van der Waals surface area contributed by atoms with Crippen molar-refractivity contribution in [2.45, 2.75) is 44.7 Å². The molecule has 0 aromatic heterocycles. The molecule has 1 aliphatic carbocycles. The maximum absolute atomic E-state index is 13.2. The number of rotatable bonds is 5. The van der Waals surface area contributed by atoms with E-state index in [1.165, 1.54) is 31.7 Å². The van der Waals surface area contributed by atoms with Crippen LogP contribution in [0.4, 0.5) is 4.39 Å². The smallest absolute Gasteiger partial charge is 0.123 e. The van der Waals surface area contributed by atoms with Crippen molar-refractivity contribution >= 4 is 0 Å². The average molecular weight is 250 g/mol. The molecule has 0 heterocycles. The molecule has 3 heteroatoms. The zero-order valence-electron chi connectivity index (χ0n) is 11.2. The second kappa shape index (κ2) is 5.81. The number of halogens is 1. The van der Waals surface area contributed by atoms with Crippen molar-refractivity contribution in [3.63, 3.8) is 0 Å². The highest BCUT2D eigenvalue weighted by Gasteiger charge is 2.37. The first-order valence-corrected chi connectivity index (χ1v) is 6.90. The molecule has 1 fully saturated rings. The van der Waals surface area contributed by atoms with Crippen LogP contribution in [-0.2, 0) is 6.54 Å². The monoisotopic (exact) mass is 250 g/mol. The van der Waals surface area contributed by atoms with Crippen LogP contribution in [0.3, 0.4) is 0 Å². The number of nitrogens with zero attached hydrogens (tertiary/aromatic N) is 1. The molecule has 1 aromatic rings. The summed E-state index contributed by atoms with van der Waals surface area (Å²) in [5, 5.41) is 0. The SMILES string of the molecule is CCN(Cc1cccc(F)c1)C1(CN)CCCC1. The molecule has 2 rings (SSSR count). The van der Waals surface area contributed by atoms with Gasteiger partial charge in [0.15, 0.2) is 0 Å². The van der Waals surface area contributed by atoms with E-state index in [-0.39, 0.29) is 11.4 Å². The minimum atomic E-state index is -0.156. The van der Waals surface area contributed by atoms with Gasteiger partial charge in [0.05, 0.1) is 0 Å². The lowest BCUT2D eigenvalue weighted by atomic mass is 9.94. The Kier molecular flexibility index (Phi) is 4.36. The number of benzene rings is 1. The van der Waals surface area contributed by atoms with Gasteiger partial charge < -0.3 is 5.73 Å². The van der Waals surface area contributed by atoms with Crippen LogP contribution in [0, 0.1) is 5.82 Å². The first-order valence-electron chi connectivity index (χ1n) is 6.90. The second-order valence-corrected chi connectivity index (χ2v) is 5.28. The molecule has 0 spiro atoms. The lowest BCUT2D eigenvalue weighted by Gasteiger charge is -2.40. The Labute approximate surface area is 109 Å². The highest BCUT2D eigenvalue weighted by atomic mass is 19.1. The Hall–Kier alpha value is -0.930. The third-order valence-corrected chi connectivity index (χ3v) is 4.23. The van der Waals surface area contributed by atoms with Crippen LogP contribution in [-0.4, -0.2) is 23.5 Å². The third kappa shape index (κ3) is 2.73. The van der Waals surface area contributed by atoms with Gasteiger partial charge in [0.25, 0.3) is 0 Å². The van der Waals surface area contributed by atoms with Gasteiger partial charge in [-0.15, -0.1) is 0 Å². The fraction of sp³-hybridized carbons (Fsp3) is 0.600. The third-order valence-electron chi connectivity index (χ3n) is 4.23. The van der Waals surface area contributed by atoms with E-state index in [2.05, 4.69) is 11.8 Å². The molecule has 0 aliphatic heterocycles. The predicted octanol–water partition coefficient (Wildman–Crippen LogP) is 2.92. The molecule has 0 radical (unpaired) electrons. The van der Waals surface area contributed by atoms with E-state index < -0.39 is 0 Å². The summed E-state index contributed by atoms with van der Waals surface area (Å²) in [6.45, 7) is 4.63. The van der Waals surface area contributed by atoms with Crippen LogP contribution < -0.4 is 5.73 Å². The van der Waals surface area contributed by atoms with Gasteiger partial charge in [-0.05, 0) is 37.1 Å². The normalized spacial score (nSPS) is 18.4. The van der Waals surface area contributed by atoms with E-state index in [9.17, 15) is 4.39 Å². The first kappa shape index (κ1) is 13.5. The summed E-state index contributed by atoms with van der Waals surface area (Å²) in [5.41, 5.74) is 7.19. The molecule has 100 valence electrons. The van der Waals surface area contributed by atoms with E-state index in [1.54, 1.807) is 12.1 Å². The summed E-state index contributed by atoms with van der Waals surface area (Å²) >= 11 is 0. The van der Waals surface area contributed by atoms with Crippen molar-refractivity contribution in [1.29, 1.82) is 0 Å². The van der Waals surface area contributed by atoms with Crippen LogP contribution in [0.25, 0.3) is 0 Å². The van der Waals surface area contributed by atoms with E-state index >= 15 is 0 Å². The quantitative estimate of drug-likeness (QED) is 0.870. The molecule has 0 saturated heterocycles. The zero-order valence-corrected chi connectivity index (χ0v) is 11.2. The number of nitrogens with two attached hydrogens (primary N) is 1. The number of hydrogen-bond donors (Lipinski definition) is 1. The molecule has 0 bridgehead atoms. The summed E-state index contributed by atoms with van der Waals surface area (Å²) in [7, 11) is 0. The molecule has 0 atom stereocenters. The molecule has 1 aliphatic rings. The molecule has 2 nitrogen and oxygen atoms in total.